The minimum Gasteiger partial charge on any atom is -0.355 e. The van der Waals surface area contributed by atoms with Crippen molar-refractivity contribution >= 4 is 0 Å². The maximum Gasteiger partial charge on any atom is 0.190 e. The summed E-state index contributed by atoms with van der Waals surface area (Å²) in [4.78, 5) is 0. The van der Waals surface area contributed by atoms with Crippen LogP contribution in [-0.2, 0) is 6.54 Å². The van der Waals surface area contributed by atoms with Gasteiger partial charge >= 0.3 is 0 Å². The van der Waals surface area contributed by atoms with E-state index in [9.17, 15) is 0 Å². The number of rotatable bonds is 2. The van der Waals surface area contributed by atoms with Gasteiger partial charge in [-0.2, -0.15) is 0 Å². The number of hydrogen-bond donors (Lipinski definition) is 0. The second-order valence-electron chi connectivity index (χ2n) is 3.43. The maximum absolute atomic E-state index is 4.94. The van der Waals surface area contributed by atoms with Crippen molar-refractivity contribution in [2.75, 3.05) is 21.1 Å². The Morgan fingerprint density at radius 3 is 2.60 bits per heavy atom. The summed E-state index contributed by atoms with van der Waals surface area (Å²) in [5.74, 6) is 0.938. The van der Waals surface area contributed by atoms with Crippen LogP contribution in [0.15, 0.2) is 16.8 Å². The Morgan fingerprint density at radius 1 is 1.50 bits per heavy atom. The minimum atomic E-state index is 0.870. The van der Waals surface area contributed by atoms with Crippen molar-refractivity contribution in [3.8, 4) is 0 Å². The van der Waals surface area contributed by atoms with Crippen LogP contribution < -0.4 is 0 Å². The normalized spacial score (nSPS) is 11.9. The smallest absolute Gasteiger partial charge is 0.190 e. The van der Waals surface area contributed by atoms with Gasteiger partial charge in [-0.3, -0.25) is 0 Å². The molecule has 10 heavy (non-hydrogen) atoms. The molecule has 56 valence electrons. The quantitative estimate of drug-likeness (QED) is 0.571. The van der Waals surface area contributed by atoms with Gasteiger partial charge in [0.1, 0.15) is 6.54 Å². The molecule has 0 saturated carbocycles. The van der Waals surface area contributed by atoms with Crippen LogP contribution in [0.25, 0.3) is 0 Å². The van der Waals surface area contributed by atoms with Crippen LogP contribution in [0, 0.1) is 0 Å². The van der Waals surface area contributed by atoms with Crippen LogP contribution in [0.4, 0.5) is 0 Å². The molecule has 0 aliphatic rings. The average Bonchev–Trinajstić information content (AvgIpc) is 2.12. The van der Waals surface area contributed by atoms with E-state index in [0.717, 1.165) is 16.8 Å². The minimum absolute atomic E-state index is 0.870. The summed E-state index contributed by atoms with van der Waals surface area (Å²) in [6.07, 6.45) is 1.67. The summed E-state index contributed by atoms with van der Waals surface area (Å²) >= 11 is 0. The van der Waals surface area contributed by atoms with E-state index in [1.807, 2.05) is 6.07 Å². The summed E-state index contributed by atoms with van der Waals surface area (Å²) in [5.41, 5.74) is 0. The summed E-state index contributed by atoms with van der Waals surface area (Å²) in [6.45, 7) is 0.889. The van der Waals surface area contributed by atoms with E-state index >= 15 is 0 Å². The SMILES string of the molecule is C[N+](C)(C)Cc1ccno1. The van der Waals surface area contributed by atoms with Crippen molar-refractivity contribution < 1.29 is 9.01 Å². The highest BCUT2D eigenvalue weighted by Gasteiger charge is 2.10. The summed E-state index contributed by atoms with van der Waals surface area (Å²) in [6, 6.07) is 1.89. The predicted octanol–water partition coefficient (Wildman–Crippen LogP) is 0.881. The molecule has 0 aliphatic carbocycles. The fraction of sp³-hybridized carbons (Fsp3) is 0.571. The van der Waals surface area contributed by atoms with Gasteiger partial charge in [-0.25, -0.2) is 0 Å². The summed E-state index contributed by atoms with van der Waals surface area (Å²) in [7, 11) is 6.34. The molecular formula is C7H13N2O+. The fourth-order valence-corrected chi connectivity index (χ4v) is 0.791. The van der Waals surface area contributed by atoms with Gasteiger partial charge in [0.15, 0.2) is 5.76 Å². The molecule has 0 amide bonds. The number of quaternary nitrogens is 1. The van der Waals surface area contributed by atoms with E-state index in [2.05, 4.69) is 26.3 Å². The standard InChI is InChI=1S/C7H13N2O/c1-9(2,3)6-7-4-5-8-10-7/h4-5H,6H2,1-3H3/q+1. The lowest BCUT2D eigenvalue weighted by molar-refractivity contribution is -0.885. The van der Waals surface area contributed by atoms with Crippen molar-refractivity contribution in [2.24, 2.45) is 0 Å². The predicted molar refractivity (Wildman–Crippen MR) is 38.2 cm³/mol. The first-order valence-electron chi connectivity index (χ1n) is 3.28. The Hall–Kier alpha value is -0.830. The molecule has 1 aromatic rings. The van der Waals surface area contributed by atoms with Crippen molar-refractivity contribution in [3.63, 3.8) is 0 Å². The lowest BCUT2D eigenvalue weighted by Crippen LogP contribution is -2.33. The molecule has 0 N–H and O–H groups in total. The molecule has 1 heterocycles. The first-order chi connectivity index (χ1) is 4.58. The topological polar surface area (TPSA) is 26.0 Å². The van der Waals surface area contributed by atoms with Crippen LogP contribution in [0.1, 0.15) is 5.76 Å². The molecule has 0 atom stereocenters. The Kier molecular flexibility index (Phi) is 1.76. The number of aromatic nitrogens is 1. The van der Waals surface area contributed by atoms with Gasteiger partial charge in [-0.1, -0.05) is 5.16 Å². The van der Waals surface area contributed by atoms with E-state index in [0.29, 0.717) is 0 Å². The fourth-order valence-electron chi connectivity index (χ4n) is 0.791. The van der Waals surface area contributed by atoms with Gasteiger partial charge in [0.05, 0.1) is 27.3 Å². The monoisotopic (exact) mass is 141 g/mol. The van der Waals surface area contributed by atoms with Crippen LogP contribution in [0.2, 0.25) is 0 Å². The van der Waals surface area contributed by atoms with Gasteiger partial charge in [-0.15, -0.1) is 0 Å². The molecule has 0 unspecified atom stereocenters. The highest BCUT2D eigenvalue weighted by molar-refractivity contribution is 4.89. The second-order valence-corrected chi connectivity index (χ2v) is 3.43. The van der Waals surface area contributed by atoms with Gasteiger partial charge < -0.3 is 9.01 Å². The number of hydrogen-bond acceptors (Lipinski definition) is 2. The van der Waals surface area contributed by atoms with Crippen LogP contribution in [-0.4, -0.2) is 30.8 Å². The highest BCUT2D eigenvalue weighted by atomic mass is 16.5. The molecule has 3 heteroatoms. The van der Waals surface area contributed by atoms with Gasteiger partial charge in [0.2, 0.25) is 0 Å². The third-order valence-electron chi connectivity index (χ3n) is 1.12. The van der Waals surface area contributed by atoms with E-state index < -0.39 is 0 Å². The second kappa shape index (κ2) is 2.42. The molecule has 3 nitrogen and oxygen atoms in total. The first-order valence-corrected chi connectivity index (χ1v) is 3.28. The van der Waals surface area contributed by atoms with Gasteiger partial charge in [0.25, 0.3) is 0 Å². The first kappa shape index (κ1) is 7.28. The molecule has 0 aromatic carbocycles. The van der Waals surface area contributed by atoms with E-state index in [1.54, 1.807) is 6.20 Å². The van der Waals surface area contributed by atoms with Crippen LogP contribution >= 0.6 is 0 Å². The van der Waals surface area contributed by atoms with Crippen LogP contribution in [0.3, 0.4) is 0 Å². The van der Waals surface area contributed by atoms with Crippen molar-refractivity contribution in [2.45, 2.75) is 6.54 Å². The zero-order valence-electron chi connectivity index (χ0n) is 6.66. The van der Waals surface area contributed by atoms with Crippen molar-refractivity contribution in [1.82, 2.24) is 5.16 Å². The maximum atomic E-state index is 4.94. The lowest BCUT2D eigenvalue weighted by atomic mass is 10.4. The molecule has 0 spiro atoms. The molecule has 0 saturated heterocycles. The summed E-state index contributed by atoms with van der Waals surface area (Å²) in [5, 5.41) is 3.62. The zero-order chi connectivity index (χ0) is 7.61. The average molecular weight is 141 g/mol. The molecule has 0 aliphatic heterocycles. The Bertz CT molecular complexity index is 186. The molecule has 0 radical (unpaired) electrons. The Morgan fingerprint density at radius 2 is 2.20 bits per heavy atom. The molecule has 0 fully saturated rings. The third kappa shape index (κ3) is 2.19. The van der Waals surface area contributed by atoms with Gasteiger partial charge in [-0.05, 0) is 0 Å². The number of nitrogens with zero attached hydrogens (tertiary/aromatic N) is 2. The molecule has 0 bridgehead atoms. The Balaban J connectivity index is 2.57. The lowest BCUT2D eigenvalue weighted by Gasteiger charge is -2.21. The summed E-state index contributed by atoms with van der Waals surface area (Å²) < 4.78 is 5.81. The van der Waals surface area contributed by atoms with E-state index in [-0.39, 0.29) is 0 Å². The highest BCUT2D eigenvalue weighted by Crippen LogP contribution is 2.03. The van der Waals surface area contributed by atoms with Crippen molar-refractivity contribution in [3.05, 3.63) is 18.0 Å². The van der Waals surface area contributed by atoms with Crippen LogP contribution in [0.5, 0.6) is 0 Å². The largest absolute Gasteiger partial charge is 0.355 e. The Labute approximate surface area is 60.8 Å². The molecule has 1 aromatic heterocycles. The van der Waals surface area contributed by atoms with Crippen molar-refractivity contribution in [1.29, 1.82) is 0 Å². The van der Waals surface area contributed by atoms with Gasteiger partial charge in [0, 0.05) is 6.07 Å². The molecular weight excluding hydrogens is 128 g/mol. The third-order valence-corrected chi connectivity index (χ3v) is 1.12. The van der Waals surface area contributed by atoms with E-state index in [1.165, 1.54) is 0 Å². The van der Waals surface area contributed by atoms with E-state index in [4.69, 9.17) is 4.52 Å². The zero-order valence-corrected chi connectivity index (χ0v) is 6.66. The molecule has 1 rings (SSSR count).